The van der Waals surface area contributed by atoms with Crippen molar-refractivity contribution in [3.63, 3.8) is 0 Å². The number of rotatable bonds is 3. The highest BCUT2D eigenvalue weighted by molar-refractivity contribution is 6.29. The third kappa shape index (κ3) is 3.05. The number of benzene rings is 3. The van der Waals surface area contributed by atoms with Gasteiger partial charge in [0.25, 0.3) is 0 Å². The second-order valence-electron chi connectivity index (χ2n) is 8.09. The van der Waals surface area contributed by atoms with E-state index in [1.165, 1.54) is 0 Å². The minimum absolute atomic E-state index is 0.138. The summed E-state index contributed by atoms with van der Waals surface area (Å²) in [5.74, 6) is -0.194. The van der Waals surface area contributed by atoms with Crippen molar-refractivity contribution < 1.29 is 9.59 Å². The Morgan fingerprint density at radius 1 is 0.758 bits per heavy atom. The molecular weight excluding hydrogens is 410 g/mol. The fourth-order valence-corrected chi connectivity index (χ4v) is 4.62. The minimum Gasteiger partial charge on any atom is -0.335 e. The molecule has 33 heavy (non-hydrogen) atoms. The van der Waals surface area contributed by atoms with Crippen LogP contribution in [0.5, 0.6) is 0 Å². The SMILES string of the molecule is O=C1C2=C(C(=O)c3ccccc31)C(/C=C/c1ccccc1)c1c(n[nH]c1-c1ccccc1)N2. The molecule has 0 amide bonds. The van der Waals surface area contributed by atoms with Crippen LogP contribution in [0.3, 0.4) is 0 Å². The Balaban J connectivity index is 1.56. The lowest BCUT2D eigenvalue weighted by Crippen LogP contribution is -2.31. The zero-order valence-corrected chi connectivity index (χ0v) is 17.6. The van der Waals surface area contributed by atoms with E-state index >= 15 is 0 Å². The lowest BCUT2D eigenvalue weighted by molar-refractivity contribution is 0.0971. The lowest BCUT2D eigenvalue weighted by atomic mass is 9.76. The zero-order chi connectivity index (χ0) is 22.4. The first-order valence-electron chi connectivity index (χ1n) is 10.8. The van der Waals surface area contributed by atoms with E-state index in [1.54, 1.807) is 24.3 Å². The van der Waals surface area contributed by atoms with Gasteiger partial charge in [0, 0.05) is 28.2 Å². The highest BCUT2D eigenvalue weighted by Gasteiger charge is 2.41. The maximum atomic E-state index is 13.7. The van der Waals surface area contributed by atoms with Crippen LogP contribution >= 0.6 is 0 Å². The van der Waals surface area contributed by atoms with Crippen LogP contribution in [-0.2, 0) is 0 Å². The van der Waals surface area contributed by atoms with Crippen molar-refractivity contribution in [1.29, 1.82) is 0 Å². The molecule has 3 aromatic carbocycles. The van der Waals surface area contributed by atoms with E-state index in [0.29, 0.717) is 28.2 Å². The van der Waals surface area contributed by atoms with E-state index < -0.39 is 5.92 Å². The number of Topliss-reactive ketones (excluding diaryl/α,β-unsaturated/α-hetero) is 2. The second-order valence-corrected chi connectivity index (χ2v) is 8.09. The monoisotopic (exact) mass is 429 g/mol. The Morgan fingerprint density at radius 2 is 1.39 bits per heavy atom. The number of fused-ring (bicyclic) bond motifs is 2. The van der Waals surface area contributed by atoms with Gasteiger partial charge in [-0.3, -0.25) is 14.7 Å². The van der Waals surface area contributed by atoms with Gasteiger partial charge in [0.1, 0.15) is 0 Å². The number of ketones is 2. The van der Waals surface area contributed by atoms with Gasteiger partial charge in [-0.2, -0.15) is 5.10 Å². The van der Waals surface area contributed by atoms with Crippen LogP contribution in [0.4, 0.5) is 5.82 Å². The molecule has 1 aliphatic carbocycles. The van der Waals surface area contributed by atoms with Crippen molar-refractivity contribution in [2.45, 2.75) is 5.92 Å². The summed E-state index contributed by atoms with van der Waals surface area (Å²) in [7, 11) is 0. The molecule has 0 saturated heterocycles. The van der Waals surface area contributed by atoms with Gasteiger partial charge in [0.2, 0.25) is 5.78 Å². The fourth-order valence-electron chi connectivity index (χ4n) is 4.62. The van der Waals surface area contributed by atoms with Crippen molar-refractivity contribution in [2.75, 3.05) is 5.32 Å². The largest absolute Gasteiger partial charge is 0.335 e. The van der Waals surface area contributed by atoms with Crippen molar-refractivity contribution >= 4 is 23.5 Å². The average Bonchev–Trinajstić information content (AvgIpc) is 3.30. The molecule has 5 heteroatoms. The summed E-state index contributed by atoms with van der Waals surface area (Å²) in [6.45, 7) is 0. The molecule has 0 saturated carbocycles. The number of anilines is 1. The van der Waals surface area contributed by atoms with Gasteiger partial charge in [0.15, 0.2) is 11.6 Å². The Bertz CT molecular complexity index is 1460. The van der Waals surface area contributed by atoms with Crippen LogP contribution in [0.15, 0.2) is 102 Å². The van der Waals surface area contributed by atoms with Gasteiger partial charge in [-0.15, -0.1) is 0 Å². The van der Waals surface area contributed by atoms with Gasteiger partial charge in [0.05, 0.1) is 11.4 Å². The molecule has 2 aliphatic rings. The molecule has 0 bridgehead atoms. The van der Waals surface area contributed by atoms with Crippen LogP contribution in [-0.4, -0.2) is 21.8 Å². The van der Waals surface area contributed by atoms with E-state index in [4.69, 9.17) is 0 Å². The second kappa shape index (κ2) is 7.57. The fraction of sp³-hybridized carbons (Fsp3) is 0.0357. The smallest absolute Gasteiger partial charge is 0.210 e. The van der Waals surface area contributed by atoms with Crippen LogP contribution in [0.25, 0.3) is 17.3 Å². The number of carbonyl (C=O) groups excluding carboxylic acids is 2. The van der Waals surface area contributed by atoms with E-state index in [9.17, 15) is 9.59 Å². The molecule has 2 heterocycles. The summed E-state index contributed by atoms with van der Waals surface area (Å²) in [5, 5.41) is 10.8. The van der Waals surface area contributed by atoms with Crippen LogP contribution in [0, 0.1) is 0 Å². The van der Waals surface area contributed by atoms with Gasteiger partial charge in [-0.1, -0.05) is 97.1 Å². The Labute approximate surface area is 190 Å². The number of allylic oxidation sites excluding steroid dienone is 3. The molecule has 1 atom stereocenters. The Kier molecular flexibility index (Phi) is 4.40. The summed E-state index contributed by atoms with van der Waals surface area (Å²) < 4.78 is 0. The van der Waals surface area contributed by atoms with Crippen molar-refractivity contribution in [3.8, 4) is 11.3 Å². The van der Waals surface area contributed by atoms with E-state index in [2.05, 4.69) is 15.5 Å². The molecule has 158 valence electrons. The van der Waals surface area contributed by atoms with Crippen LogP contribution < -0.4 is 5.32 Å². The number of hydrogen-bond donors (Lipinski definition) is 2. The summed E-state index contributed by atoms with van der Waals surface area (Å²) in [6, 6.07) is 26.8. The molecule has 1 unspecified atom stereocenters. The number of H-pyrrole nitrogens is 1. The molecule has 2 N–H and O–H groups in total. The van der Waals surface area contributed by atoms with Gasteiger partial charge < -0.3 is 5.32 Å². The molecule has 1 aromatic heterocycles. The predicted octanol–water partition coefficient (Wildman–Crippen LogP) is 5.63. The number of aromatic nitrogens is 2. The molecule has 0 fully saturated rings. The van der Waals surface area contributed by atoms with E-state index in [0.717, 1.165) is 22.4 Å². The first kappa shape index (κ1) is 19.2. The molecule has 6 rings (SSSR count). The summed E-state index contributed by atoms with van der Waals surface area (Å²) in [5.41, 5.74) is 5.27. The average molecular weight is 429 g/mol. The molecule has 0 radical (unpaired) electrons. The minimum atomic E-state index is -0.435. The first-order chi connectivity index (χ1) is 16.2. The molecule has 4 aromatic rings. The first-order valence-corrected chi connectivity index (χ1v) is 10.8. The maximum absolute atomic E-state index is 13.7. The number of nitrogens with zero attached hydrogens (tertiary/aromatic N) is 1. The number of hydrogen-bond acceptors (Lipinski definition) is 4. The number of carbonyl (C=O) groups is 2. The molecular formula is C28H19N3O2. The summed E-state index contributed by atoms with van der Waals surface area (Å²) >= 11 is 0. The zero-order valence-electron chi connectivity index (χ0n) is 17.6. The number of nitrogens with one attached hydrogen (secondary N) is 2. The van der Waals surface area contributed by atoms with Crippen molar-refractivity contribution in [2.24, 2.45) is 0 Å². The van der Waals surface area contributed by atoms with Gasteiger partial charge >= 0.3 is 0 Å². The molecule has 1 aliphatic heterocycles. The van der Waals surface area contributed by atoms with Crippen LogP contribution in [0.2, 0.25) is 0 Å². The topological polar surface area (TPSA) is 74.8 Å². The standard InChI is InChI=1S/C28H19N3O2/c32-26-19-13-7-8-14-20(19)27(33)25-22(26)21(16-15-17-9-3-1-4-10-17)23-24(30-31-28(23)29-25)18-11-5-2-6-12-18/h1-16,21H,(H2,29,30,31)/b16-15+. The normalized spacial score (nSPS) is 16.9. The van der Waals surface area contributed by atoms with Crippen molar-refractivity contribution in [3.05, 3.63) is 125 Å². The quantitative estimate of drug-likeness (QED) is 0.442. The van der Waals surface area contributed by atoms with E-state index in [-0.39, 0.29) is 11.6 Å². The van der Waals surface area contributed by atoms with Gasteiger partial charge in [-0.05, 0) is 11.1 Å². The van der Waals surface area contributed by atoms with Crippen molar-refractivity contribution in [1.82, 2.24) is 10.2 Å². The highest BCUT2D eigenvalue weighted by Crippen LogP contribution is 2.46. The van der Waals surface area contributed by atoms with Crippen LogP contribution in [0.1, 0.15) is 37.8 Å². The molecule has 0 spiro atoms. The summed E-state index contributed by atoms with van der Waals surface area (Å²) in [6.07, 6.45) is 3.98. The maximum Gasteiger partial charge on any atom is 0.210 e. The third-order valence-corrected chi connectivity index (χ3v) is 6.17. The van der Waals surface area contributed by atoms with E-state index in [1.807, 2.05) is 72.8 Å². The third-order valence-electron chi connectivity index (χ3n) is 6.17. The Hall–Kier alpha value is -4.51. The lowest BCUT2D eigenvalue weighted by Gasteiger charge is -2.30. The summed E-state index contributed by atoms with van der Waals surface area (Å²) in [4.78, 5) is 27.1. The number of aromatic amines is 1. The molecule has 5 nitrogen and oxygen atoms in total. The highest BCUT2D eigenvalue weighted by atomic mass is 16.1. The Morgan fingerprint density at radius 3 is 2.12 bits per heavy atom. The van der Waals surface area contributed by atoms with Gasteiger partial charge in [-0.25, -0.2) is 0 Å². The predicted molar refractivity (Wildman–Crippen MR) is 128 cm³/mol.